The predicted molar refractivity (Wildman–Crippen MR) is 348 cm³/mol. The van der Waals surface area contributed by atoms with Crippen LogP contribution in [0.2, 0.25) is 0 Å². The maximum atomic E-state index is 2.49. The lowest BCUT2D eigenvalue weighted by Gasteiger charge is -2.26. The van der Waals surface area contributed by atoms with Crippen LogP contribution in [0.25, 0.3) is 124 Å². The third-order valence-corrected chi connectivity index (χ3v) is 19.5. The van der Waals surface area contributed by atoms with Crippen LogP contribution in [0.4, 0.5) is 17.1 Å². The van der Waals surface area contributed by atoms with Crippen LogP contribution in [0.5, 0.6) is 0 Å². The number of benzene rings is 12. The average molecular weight is 1070 g/mol. The molecule has 0 unspecified atom stereocenters. The van der Waals surface area contributed by atoms with Gasteiger partial charge in [0.25, 0.3) is 0 Å². The van der Waals surface area contributed by atoms with Crippen molar-refractivity contribution in [2.24, 2.45) is 0 Å². The summed E-state index contributed by atoms with van der Waals surface area (Å²) < 4.78 is 7.78. The molecule has 16 rings (SSSR count). The molecule has 0 saturated carbocycles. The zero-order chi connectivity index (χ0) is 53.8. The van der Waals surface area contributed by atoms with Gasteiger partial charge < -0.3 is 9.47 Å². The quantitative estimate of drug-likeness (QED) is 0.140. The van der Waals surface area contributed by atoms with E-state index in [1.54, 1.807) is 0 Å². The lowest BCUT2D eigenvalue weighted by Crippen LogP contribution is -2.15. The Morgan fingerprint density at radius 1 is 0.321 bits per heavy atom. The van der Waals surface area contributed by atoms with Gasteiger partial charge in [-0.3, -0.25) is 0 Å². The molecule has 0 radical (unpaired) electrons. The zero-order valence-corrected chi connectivity index (χ0v) is 46.4. The Labute approximate surface area is 479 Å². The summed E-state index contributed by atoms with van der Waals surface area (Å²) in [6.45, 7) is 4.81. The van der Waals surface area contributed by atoms with Gasteiger partial charge in [-0.15, -0.1) is 22.7 Å². The average Bonchev–Trinajstić information content (AvgIpc) is 3.59. The van der Waals surface area contributed by atoms with Gasteiger partial charge in [0.1, 0.15) is 0 Å². The van der Waals surface area contributed by atoms with E-state index in [2.05, 4.69) is 302 Å². The van der Waals surface area contributed by atoms with Crippen LogP contribution in [-0.4, -0.2) is 4.57 Å². The lowest BCUT2D eigenvalue weighted by molar-refractivity contribution is 0.661. The van der Waals surface area contributed by atoms with E-state index < -0.39 is 0 Å². The maximum Gasteiger partial charge on any atom is 0.0619 e. The molecular formula is C77H52N2S2. The molecule has 0 spiro atoms. The highest BCUT2D eigenvalue weighted by Crippen LogP contribution is 2.54. The first-order valence-corrected chi connectivity index (χ1v) is 29.5. The smallest absolute Gasteiger partial charge is 0.0619 e. The minimum absolute atomic E-state index is 0.249. The van der Waals surface area contributed by atoms with Crippen molar-refractivity contribution in [3.05, 3.63) is 290 Å². The fraction of sp³-hybridized carbons (Fsp3) is 0.0390. The number of anilines is 3. The number of fused-ring (bicyclic) bond motifs is 10. The first kappa shape index (κ1) is 47.4. The molecule has 0 saturated heterocycles. The van der Waals surface area contributed by atoms with Gasteiger partial charge in [-0.25, -0.2) is 0 Å². The number of para-hydroxylation sites is 1. The molecule has 81 heavy (non-hydrogen) atoms. The molecule has 2 nitrogen and oxygen atoms in total. The second kappa shape index (κ2) is 18.8. The van der Waals surface area contributed by atoms with E-state index in [4.69, 9.17) is 0 Å². The summed E-state index contributed by atoms with van der Waals surface area (Å²) in [6, 6.07) is 103. The number of hydrogen-bond donors (Lipinski definition) is 0. The fourth-order valence-corrected chi connectivity index (χ4v) is 15.6. The predicted octanol–water partition coefficient (Wildman–Crippen LogP) is 22.5. The van der Waals surface area contributed by atoms with Gasteiger partial charge >= 0.3 is 0 Å². The van der Waals surface area contributed by atoms with Gasteiger partial charge in [0, 0.05) is 79.5 Å². The monoisotopic (exact) mass is 1070 g/mol. The van der Waals surface area contributed by atoms with Gasteiger partial charge in [-0.05, 0) is 146 Å². The summed E-state index contributed by atoms with van der Waals surface area (Å²) in [4.78, 5) is 2.40. The third kappa shape index (κ3) is 7.66. The van der Waals surface area contributed by atoms with Crippen molar-refractivity contribution in [3.8, 4) is 72.6 Å². The summed E-state index contributed by atoms with van der Waals surface area (Å²) in [5, 5.41) is 6.51. The molecule has 1 aliphatic carbocycles. The highest BCUT2D eigenvalue weighted by Gasteiger charge is 2.37. The molecule has 0 amide bonds. The van der Waals surface area contributed by atoms with Crippen LogP contribution < -0.4 is 4.90 Å². The fourth-order valence-electron chi connectivity index (χ4n) is 13.1. The normalized spacial score (nSPS) is 12.7. The molecule has 3 heterocycles. The van der Waals surface area contributed by atoms with Crippen LogP contribution in [0, 0.1) is 0 Å². The lowest BCUT2D eigenvalue weighted by atomic mass is 9.81. The molecule has 0 aliphatic heterocycles. The molecule has 4 heteroatoms. The van der Waals surface area contributed by atoms with E-state index >= 15 is 0 Å². The van der Waals surface area contributed by atoms with Crippen LogP contribution >= 0.6 is 22.7 Å². The van der Waals surface area contributed by atoms with Crippen molar-refractivity contribution in [1.82, 2.24) is 4.57 Å². The number of nitrogens with zero attached hydrogens (tertiary/aromatic N) is 2. The largest absolute Gasteiger partial charge is 0.311 e. The standard InChI is InChI=1S/C77H52N2S2/c1-77(2)68-46-54(38-45-61(68)66-47-67-70(48-69(66)77)79(55-22-10-5-11-23-55)74(53-20-8-4-9-21-53)73(67)52-18-6-3-7-19-52)49-32-39-56(40-33-49)78(57-41-34-50(35-42-57)59-26-16-28-64-62-24-12-14-30-71(62)80-75(59)64)58-43-36-51(37-44-58)60-27-17-29-65-63-25-13-15-31-72(63)81-76(60)65/h3-48H,1-2H3. The first-order valence-electron chi connectivity index (χ1n) is 27.9. The molecule has 382 valence electrons. The number of aromatic nitrogens is 1. The molecule has 3 aromatic heterocycles. The summed E-state index contributed by atoms with van der Waals surface area (Å²) in [5.74, 6) is 0. The highest BCUT2D eigenvalue weighted by atomic mass is 32.1. The minimum atomic E-state index is -0.249. The molecule has 0 bridgehead atoms. The Morgan fingerprint density at radius 3 is 1.33 bits per heavy atom. The second-order valence-corrected chi connectivity index (χ2v) is 24.1. The summed E-state index contributed by atoms with van der Waals surface area (Å²) >= 11 is 3.76. The summed E-state index contributed by atoms with van der Waals surface area (Å²) in [7, 11) is 0. The zero-order valence-electron chi connectivity index (χ0n) is 44.8. The molecule has 15 aromatic rings. The van der Waals surface area contributed by atoms with Crippen LogP contribution in [-0.2, 0) is 5.41 Å². The van der Waals surface area contributed by atoms with Crippen LogP contribution in [0.3, 0.4) is 0 Å². The van der Waals surface area contributed by atoms with E-state index in [9.17, 15) is 0 Å². The Balaban J connectivity index is 0.787. The van der Waals surface area contributed by atoms with E-state index in [0.717, 1.165) is 22.7 Å². The van der Waals surface area contributed by atoms with E-state index in [1.165, 1.54) is 129 Å². The van der Waals surface area contributed by atoms with E-state index in [0.29, 0.717) is 0 Å². The van der Waals surface area contributed by atoms with E-state index in [1.807, 2.05) is 22.7 Å². The van der Waals surface area contributed by atoms with Crippen molar-refractivity contribution < 1.29 is 0 Å². The molecular weight excluding hydrogens is 1020 g/mol. The van der Waals surface area contributed by atoms with Crippen LogP contribution in [0.1, 0.15) is 25.0 Å². The Bertz CT molecular complexity index is 4750. The summed E-state index contributed by atoms with van der Waals surface area (Å²) in [5.41, 5.74) is 22.9. The Morgan fingerprint density at radius 2 is 0.778 bits per heavy atom. The van der Waals surface area contributed by atoms with Gasteiger partial charge in [-0.1, -0.05) is 214 Å². The second-order valence-electron chi connectivity index (χ2n) is 22.0. The van der Waals surface area contributed by atoms with Gasteiger partial charge in [0.2, 0.25) is 0 Å². The SMILES string of the molecule is CC1(C)c2cc(-c3ccc(N(c4ccc(-c5cccc6c5sc5ccccc56)cc4)c4ccc(-c5cccc6c5sc5ccccc56)cc4)cc3)ccc2-c2cc3c(-c4ccccc4)c(-c4ccccc4)n(-c4ccccc4)c3cc21. The van der Waals surface area contributed by atoms with Crippen molar-refractivity contribution in [2.75, 3.05) is 4.90 Å². The molecule has 0 atom stereocenters. The van der Waals surface area contributed by atoms with Crippen molar-refractivity contribution in [2.45, 2.75) is 19.3 Å². The Hall–Kier alpha value is -9.58. The molecule has 0 N–H and O–H groups in total. The number of rotatable bonds is 9. The summed E-state index contributed by atoms with van der Waals surface area (Å²) in [6.07, 6.45) is 0. The maximum absolute atomic E-state index is 2.49. The van der Waals surface area contributed by atoms with Gasteiger partial charge in [0.05, 0.1) is 11.2 Å². The van der Waals surface area contributed by atoms with Crippen molar-refractivity contribution in [3.63, 3.8) is 0 Å². The van der Waals surface area contributed by atoms with Crippen LogP contribution in [0.15, 0.2) is 279 Å². The number of thiophene rings is 2. The molecule has 0 fully saturated rings. The van der Waals surface area contributed by atoms with E-state index in [-0.39, 0.29) is 5.41 Å². The topological polar surface area (TPSA) is 8.17 Å². The molecule has 1 aliphatic rings. The highest BCUT2D eigenvalue weighted by molar-refractivity contribution is 7.26. The third-order valence-electron chi connectivity index (χ3n) is 17.0. The number of hydrogen-bond acceptors (Lipinski definition) is 3. The molecule has 12 aromatic carbocycles. The van der Waals surface area contributed by atoms with Gasteiger partial charge in [0.15, 0.2) is 0 Å². The first-order chi connectivity index (χ1) is 39.9. The minimum Gasteiger partial charge on any atom is -0.311 e. The van der Waals surface area contributed by atoms with Crippen molar-refractivity contribution in [1.29, 1.82) is 0 Å². The van der Waals surface area contributed by atoms with Crippen molar-refractivity contribution >= 4 is 91.0 Å². The van der Waals surface area contributed by atoms with Gasteiger partial charge in [-0.2, -0.15) is 0 Å². The Kier molecular flexibility index (Phi) is 11.0.